The molecule has 1 aromatic heterocycles. The third-order valence-corrected chi connectivity index (χ3v) is 5.18. The number of carbonyl (C=O) groups is 2. The van der Waals surface area contributed by atoms with Crippen LogP contribution in [-0.2, 0) is 4.79 Å². The van der Waals surface area contributed by atoms with Crippen LogP contribution in [0.2, 0.25) is 0 Å². The van der Waals surface area contributed by atoms with Gasteiger partial charge in [0.15, 0.2) is 0 Å². The first kappa shape index (κ1) is 22.5. The molecule has 0 unspecified atom stereocenters. The highest BCUT2D eigenvalue weighted by Crippen LogP contribution is 2.28. The Morgan fingerprint density at radius 1 is 1.09 bits per heavy atom. The molecule has 0 spiro atoms. The smallest absolute Gasteiger partial charge is 0.318 e. The van der Waals surface area contributed by atoms with Crippen molar-refractivity contribution >= 4 is 17.9 Å². The summed E-state index contributed by atoms with van der Waals surface area (Å²) in [6, 6.07) is 15.3. The number of nitrogens with one attached hydrogen (secondary N) is 2. The summed E-state index contributed by atoms with van der Waals surface area (Å²) in [5, 5.41) is 5.77. The maximum Gasteiger partial charge on any atom is 0.318 e. The highest BCUT2D eigenvalue weighted by molar-refractivity contribution is 5.94. The second kappa shape index (κ2) is 9.05. The Hall–Kier alpha value is -3.68. The molecular weight excluding hydrogens is 421 g/mol. The van der Waals surface area contributed by atoms with E-state index in [1.165, 1.54) is 12.1 Å². The van der Waals surface area contributed by atoms with Crippen molar-refractivity contribution in [3.63, 3.8) is 0 Å². The lowest BCUT2D eigenvalue weighted by atomic mass is 10.1. The number of amides is 3. The maximum absolute atomic E-state index is 13.5. The van der Waals surface area contributed by atoms with Gasteiger partial charge in [-0.3, -0.25) is 14.7 Å². The minimum Gasteiger partial charge on any atom is -0.333 e. The van der Waals surface area contributed by atoms with Crippen LogP contribution in [0.4, 0.5) is 15.1 Å². The van der Waals surface area contributed by atoms with E-state index in [4.69, 9.17) is 0 Å². The number of nitrogens with zero attached hydrogens (tertiary/aromatic N) is 3. The van der Waals surface area contributed by atoms with Crippen molar-refractivity contribution in [1.29, 1.82) is 0 Å². The van der Waals surface area contributed by atoms with Crippen LogP contribution < -0.4 is 10.6 Å². The molecule has 8 heteroatoms. The first-order valence-electron chi connectivity index (χ1n) is 11.0. The molecule has 3 aromatic rings. The second-order valence-electron chi connectivity index (χ2n) is 9.25. The number of hydrogen-bond donors (Lipinski definition) is 2. The van der Waals surface area contributed by atoms with E-state index >= 15 is 0 Å². The standard InChI is InChI=1S/C25H28FN5O2/c1-25(2,3)29-24(33)31(20-13-14-20)16-22(32)28-23-27-21(17-7-5-4-6-8-17)15-30(23)19-11-9-18(26)10-12-19/h4-12,15,20H,13-14,16H2,1-3H3,(H,29,33)(H,27,28,32). The van der Waals surface area contributed by atoms with Gasteiger partial charge in [-0.1, -0.05) is 30.3 Å². The molecule has 0 radical (unpaired) electrons. The molecule has 1 saturated carbocycles. The molecule has 1 heterocycles. The molecular formula is C25H28FN5O2. The van der Waals surface area contributed by atoms with Gasteiger partial charge < -0.3 is 10.2 Å². The molecule has 33 heavy (non-hydrogen) atoms. The number of carbonyl (C=O) groups excluding carboxylic acids is 2. The summed E-state index contributed by atoms with van der Waals surface area (Å²) in [6.07, 6.45) is 3.56. The summed E-state index contributed by atoms with van der Waals surface area (Å²) < 4.78 is 15.2. The van der Waals surface area contributed by atoms with Crippen molar-refractivity contribution in [3.05, 3.63) is 66.6 Å². The van der Waals surface area contributed by atoms with Crippen molar-refractivity contribution in [2.24, 2.45) is 0 Å². The number of aromatic nitrogens is 2. The fourth-order valence-corrected chi connectivity index (χ4v) is 3.48. The highest BCUT2D eigenvalue weighted by atomic mass is 19.1. The van der Waals surface area contributed by atoms with Crippen molar-refractivity contribution in [3.8, 4) is 16.9 Å². The van der Waals surface area contributed by atoms with Gasteiger partial charge in [-0.25, -0.2) is 14.2 Å². The molecule has 172 valence electrons. The van der Waals surface area contributed by atoms with Crippen LogP contribution in [0.5, 0.6) is 0 Å². The van der Waals surface area contributed by atoms with Crippen molar-refractivity contribution in [1.82, 2.24) is 19.8 Å². The van der Waals surface area contributed by atoms with Crippen molar-refractivity contribution < 1.29 is 14.0 Å². The fourth-order valence-electron chi connectivity index (χ4n) is 3.48. The minimum absolute atomic E-state index is 0.0647. The van der Waals surface area contributed by atoms with Gasteiger partial charge >= 0.3 is 6.03 Å². The molecule has 1 aliphatic carbocycles. The van der Waals surface area contributed by atoms with E-state index in [2.05, 4.69) is 15.6 Å². The molecule has 0 saturated heterocycles. The van der Waals surface area contributed by atoms with E-state index in [-0.39, 0.29) is 30.3 Å². The molecule has 2 aromatic carbocycles. The van der Waals surface area contributed by atoms with Crippen LogP contribution >= 0.6 is 0 Å². The largest absolute Gasteiger partial charge is 0.333 e. The second-order valence-corrected chi connectivity index (χ2v) is 9.25. The maximum atomic E-state index is 13.5. The van der Waals surface area contributed by atoms with Gasteiger partial charge in [0.2, 0.25) is 11.9 Å². The molecule has 3 amide bonds. The van der Waals surface area contributed by atoms with E-state index in [1.54, 1.807) is 27.8 Å². The zero-order valence-electron chi connectivity index (χ0n) is 19.0. The third kappa shape index (κ3) is 5.77. The fraction of sp³-hybridized carbons (Fsp3) is 0.320. The average Bonchev–Trinajstić information content (AvgIpc) is 3.52. The Morgan fingerprint density at radius 2 is 1.76 bits per heavy atom. The van der Waals surface area contributed by atoms with Gasteiger partial charge in [0, 0.05) is 29.0 Å². The lowest BCUT2D eigenvalue weighted by molar-refractivity contribution is -0.117. The number of imidazole rings is 1. The molecule has 7 nitrogen and oxygen atoms in total. The number of rotatable bonds is 6. The molecule has 0 bridgehead atoms. The van der Waals surface area contributed by atoms with Gasteiger partial charge in [0.05, 0.1) is 5.69 Å². The van der Waals surface area contributed by atoms with Crippen LogP contribution in [0.1, 0.15) is 33.6 Å². The molecule has 0 atom stereocenters. The number of hydrogen-bond acceptors (Lipinski definition) is 3. The Labute approximate surface area is 192 Å². The summed E-state index contributed by atoms with van der Waals surface area (Å²) >= 11 is 0. The van der Waals surface area contributed by atoms with E-state index < -0.39 is 5.54 Å². The zero-order chi connectivity index (χ0) is 23.6. The Bertz CT molecular complexity index is 1130. The Kier molecular flexibility index (Phi) is 6.18. The van der Waals surface area contributed by atoms with Gasteiger partial charge in [-0.15, -0.1) is 0 Å². The summed E-state index contributed by atoms with van der Waals surface area (Å²) in [5.41, 5.74) is 1.81. The monoisotopic (exact) mass is 449 g/mol. The normalized spacial score (nSPS) is 13.5. The van der Waals surface area contributed by atoms with Crippen LogP contribution in [0.15, 0.2) is 60.8 Å². The average molecular weight is 450 g/mol. The topological polar surface area (TPSA) is 79.3 Å². The number of urea groups is 1. The summed E-state index contributed by atoms with van der Waals surface area (Å²) in [7, 11) is 0. The van der Waals surface area contributed by atoms with Gasteiger partial charge in [0.1, 0.15) is 12.4 Å². The molecule has 1 fully saturated rings. The van der Waals surface area contributed by atoms with Gasteiger partial charge in [-0.2, -0.15) is 0 Å². The van der Waals surface area contributed by atoms with Crippen LogP contribution in [0, 0.1) is 5.82 Å². The number of halogens is 1. The Balaban J connectivity index is 1.58. The summed E-state index contributed by atoms with van der Waals surface area (Å²) in [5.74, 6) is -0.394. The predicted octanol–water partition coefficient (Wildman–Crippen LogP) is 4.59. The lowest BCUT2D eigenvalue weighted by Gasteiger charge is -2.28. The molecule has 4 rings (SSSR count). The predicted molar refractivity (Wildman–Crippen MR) is 126 cm³/mol. The van der Waals surface area contributed by atoms with Crippen molar-refractivity contribution in [2.75, 3.05) is 11.9 Å². The number of anilines is 1. The SMILES string of the molecule is CC(C)(C)NC(=O)N(CC(=O)Nc1nc(-c2ccccc2)cn1-c1ccc(F)cc1)C1CC1. The van der Waals surface area contributed by atoms with E-state index in [0.29, 0.717) is 17.3 Å². The molecule has 2 N–H and O–H groups in total. The Morgan fingerprint density at radius 3 is 2.36 bits per heavy atom. The lowest BCUT2D eigenvalue weighted by Crippen LogP contribution is -2.51. The van der Waals surface area contributed by atoms with E-state index in [0.717, 1.165) is 18.4 Å². The quantitative estimate of drug-likeness (QED) is 0.578. The highest BCUT2D eigenvalue weighted by Gasteiger charge is 2.35. The zero-order valence-corrected chi connectivity index (χ0v) is 19.0. The van der Waals surface area contributed by atoms with E-state index in [9.17, 15) is 14.0 Å². The molecule has 0 aliphatic heterocycles. The number of benzene rings is 2. The minimum atomic E-state index is -0.399. The third-order valence-electron chi connectivity index (χ3n) is 5.18. The van der Waals surface area contributed by atoms with Crippen molar-refractivity contribution in [2.45, 2.75) is 45.2 Å². The van der Waals surface area contributed by atoms with Crippen LogP contribution in [0.3, 0.4) is 0 Å². The van der Waals surface area contributed by atoms with Crippen LogP contribution in [-0.4, -0.2) is 44.5 Å². The van der Waals surface area contributed by atoms with Gasteiger partial charge in [0.25, 0.3) is 0 Å². The summed E-state index contributed by atoms with van der Waals surface area (Å²) in [4.78, 5) is 31.9. The first-order chi connectivity index (χ1) is 15.7. The first-order valence-corrected chi connectivity index (χ1v) is 11.0. The summed E-state index contributed by atoms with van der Waals surface area (Å²) in [6.45, 7) is 5.63. The van der Waals surface area contributed by atoms with Crippen LogP contribution in [0.25, 0.3) is 16.9 Å². The van der Waals surface area contributed by atoms with E-state index in [1.807, 2.05) is 51.1 Å². The van der Waals surface area contributed by atoms with Gasteiger partial charge in [-0.05, 0) is 57.9 Å². The molecule has 1 aliphatic rings.